The second kappa shape index (κ2) is 4.88. The number of rotatable bonds is 4. The van der Waals surface area contributed by atoms with Crippen LogP contribution in [0.4, 0.5) is 5.69 Å². The van der Waals surface area contributed by atoms with E-state index in [9.17, 15) is 4.79 Å². The van der Waals surface area contributed by atoms with Gasteiger partial charge in [0.2, 0.25) is 0 Å². The van der Waals surface area contributed by atoms with E-state index in [-0.39, 0.29) is 12.1 Å². The number of fused-ring (bicyclic) bond motifs is 1. The van der Waals surface area contributed by atoms with Crippen molar-refractivity contribution in [3.8, 4) is 5.75 Å². The molecule has 1 heterocycles. The topological polar surface area (TPSA) is 49.8 Å². The first-order valence-electron chi connectivity index (χ1n) is 6.35. The lowest BCUT2D eigenvalue weighted by atomic mass is 9.94. The van der Waals surface area contributed by atoms with Gasteiger partial charge < -0.3 is 14.7 Å². The van der Waals surface area contributed by atoms with Gasteiger partial charge in [0.15, 0.2) is 0 Å². The molecule has 1 aliphatic rings. The fourth-order valence-electron chi connectivity index (χ4n) is 2.43. The molecule has 0 bridgehead atoms. The van der Waals surface area contributed by atoms with Gasteiger partial charge >= 0.3 is 5.97 Å². The quantitative estimate of drug-likeness (QED) is 0.890. The molecule has 0 saturated carbocycles. The van der Waals surface area contributed by atoms with E-state index in [2.05, 4.69) is 13.8 Å². The Kier molecular flexibility index (Phi) is 3.45. The van der Waals surface area contributed by atoms with Crippen LogP contribution in [0.2, 0.25) is 0 Å². The third-order valence-electron chi connectivity index (χ3n) is 3.63. The van der Waals surface area contributed by atoms with Crippen LogP contribution in [-0.4, -0.2) is 29.8 Å². The molecular weight excluding hydrogens is 230 g/mol. The van der Waals surface area contributed by atoms with Crippen molar-refractivity contribution in [2.45, 2.75) is 32.3 Å². The largest absolute Gasteiger partial charge is 0.483 e. The van der Waals surface area contributed by atoms with Crippen LogP contribution in [0.15, 0.2) is 24.3 Å². The summed E-state index contributed by atoms with van der Waals surface area (Å²) in [6.45, 7) is 4.80. The van der Waals surface area contributed by atoms with E-state index in [4.69, 9.17) is 9.84 Å². The van der Waals surface area contributed by atoms with Gasteiger partial charge in [-0.25, -0.2) is 0 Å². The summed E-state index contributed by atoms with van der Waals surface area (Å²) in [5, 5.41) is 9.02. The number of para-hydroxylation sites is 2. The third kappa shape index (κ3) is 2.28. The second-order valence-electron chi connectivity index (χ2n) is 4.71. The zero-order valence-corrected chi connectivity index (χ0v) is 10.8. The van der Waals surface area contributed by atoms with Crippen LogP contribution in [0.3, 0.4) is 0 Å². The van der Waals surface area contributed by atoms with Gasteiger partial charge in [-0.2, -0.15) is 0 Å². The maximum Gasteiger partial charge on any atom is 0.323 e. The van der Waals surface area contributed by atoms with Gasteiger partial charge in [0.1, 0.15) is 17.9 Å². The predicted octanol–water partition coefficient (Wildman–Crippen LogP) is 2.53. The van der Waals surface area contributed by atoms with Crippen molar-refractivity contribution >= 4 is 11.7 Å². The van der Waals surface area contributed by atoms with Crippen molar-refractivity contribution < 1.29 is 14.6 Å². The molecule has 2 rings (SSSR count). The molecule has 1 N–H and O–H groups in total. The Morgan fingerprint density at radius 3 is 2.67 bits per heavy atom. The van der Waals surface area contributed by atoms with Gasteiger partial charge in [0.05, 0.1) is 12.2 Å². The molecule has 0 spiro atoms. The molecule has 0 aromatic heterocycles. The van der Waals surface area contributed by atoms with Gasteiger partial charge in [0, 0.05) is 0 Å². The summed E-state index contributed by atoms with van der Waals surface area (Å²) in [6.07, 6.45) is 1.74. The highest BCUT2D eigenvalue weighted by Crippen LogP contribution is 2.39. The van der Waals surface area contributed by atoms with Crippen molar-refractivity contribution in [1.82, 2.24) is 0 Å². The molecule has 98 valence electrons. The van der Waals surface area contributed by atoms with Crippen LogP contribution in [-0.2, 0) is 4.79 Å². The Hall–Kier alpha value is -1.71. The summed E-state index contributed by atoms with van der Waals surface area (Å²) < 4.78 is 6.10. The van der Waals surface area contributed by atoms with Crippen LogP contribution in [0.5, 0.6) is 5.75 Å². The first kappa shape index (κ1) is 12.7. The highest BCUT2D eigenvalue weighted by molar-refractivity contribution is 5.75. The monoisotopic (exact) mass is 249 g/mol. The number of ether oxygens (including phenoxy) is 1. The minimum Gasteiger partial charge on any atom is -0.483 e. The summed E-state index contributed by atoms with van der Waals surface area (Å²) in [4.78, 5) is 12.9. The number of carbonyl (C=O) groups is 1. The number of nitrogens with zero attached hydrogens (tertiary/aromatic N) is 1. The maximum absolute atomic E-state index is 11.0. The highest BCUT2D eigenvalue weighted by Gasteiger charge is 2.37. The number of hydrogen-bond donors (Lipinski definition) is 1. The molecule has 1 aliphatic heterocycles. The fraction of sp³-hybridized carbons (Fsp3) is 0.500. The van der Waals surface area contributed by atoms with E-state index in [0.29, 0.717) is 6.54 Å². The van der Waals surface area contributed by atoms with Gasteiger partial charge in [-0.3, -0.25) is 4.79 Å². The molecule has 0 unspecified atom stereocenters. The average molecular weight is 249 g/mol. The predicted molar refractivity (Wildman–Crippen MR) is 70.2 cm³/mol. The molecular formula is C14H19NO3. The van der Waals surface area contributed by atoms with Crippen LogP contribution in [0, 0.1) is 0 Å². The Morgan fingerprint density at radius 2 is 2.06 bits per heavy atom. The van der Waals surface area contributed by atoms with Crippen LogP contribution >= 0.6 is 0 Å². The lowest BCUT2D eigenvalue weighted by Gasteiger charge is -2.43. The average Bonchev–Trinajstić information content (AvgIpc) is 2.38. The Labute approximate surface area is 107 Å². The SMILES string of the molecule is CCC1(CC)CN(CC(=O)O)c2ccccc2O1. The number of carboxylic acid groups (broad SMARTS) is 1. The molecule has 0 atom stereocenters. The van der Waals surface area contributed by atoms with Crippen molar-refractivity contribution in [3.05, 3.63) is 24.3 Å². The molecule has 1 aromatic rings. The van der Waals surface area contributed by atoms with Crippen molar-refractivity contribution in [2.75, 3.05) is 18.0 Å². The van der Waals surface area contributed by atoms with Gasteiger partial charge in [-0.1, -0.05) is 26.0 Å². The van der Waals surface area contributed by atoms with Crippen LogP contribution in [0.1, 0.15) is 26.7 Å². The molecule has 0 saturated heterocycles. The number of hydrogen-bond acceptors (Lipinski definition) is 3. The van der Waals surface area contributed by atoms with E-state index in [1.807, 2.05) is 29.2 Å². The van der Waals surface area contributed by atoms with E-state index in [1.165, 1.54) is 0 Å². The van der Waals surface area contributed by atoms with Crippen LogP contribution < -0.4 is 9.64 Å². The summed E-state index contributed by atoms with van der Waals surface area (Å²) in [5.74, 6) is -0.0264. The van der Waals surface area contributed by atoms with Gasteiger partial charge in [-0.15, -0.1) is 0 Å². The zero-order chi connectivity index (χ0) is 13.2. The summed E-state index contributed by atoms with van der Waals surface area (Å²) >= 11 is 0. The first-order chi connectivity index (χ1) is 8.60. The maximum atomic E-state index is 11.0. The number of benzene rings is 1. The van der Waals surface area contributed by atoms with Gasteiger partial charge in [-0.05, 0) is 25.0 Å². The summed E-state index contributed by atoms with van der Waals surface area (Å²) in [7, 11) is 0. The molecule has 18 heavy (non-hydrogen) atoms. The molecule has 0 radical (unpaired) electrons. The minimum absolute atomic E-state index is 0.0160. The van der Waals surface area contributed by atoms with E-state index in [0.717, 1.165) is 24.3 Å². The zero-order valence-electron chi connectivity index (χ0n) is 10.8. The normalized spacial score (nSPS) is 16.9. The van der Waals surface area contributed by atoms with Crippen LogP contribution in [0.25, 0.3) is 0 Å². The fourth-order valence-corrected chi connectivity index (χ4v) is 2.43. The first-order valence-corrected chi connectivity index (χ1v) is 6.35. The molecule has 0 fully saturated rings. The molecule has 0 amide bonds. The lowest BCUT2D eigenvalue weighted by molar-refractivity contribution is -0.135. The molecule has 4 heteroatoms. The summed E-state index contributed by atoms with van der Waals surface area (Å²) in [6, 6.07) is 7.64. The van der Waals surface area contributed by atoms with E-state index < -0.39 is 5.97 Å². The van der Waals surface area contributed by atoms with Gasteiger partial charge in [0.25, 0.3) is 0 Å². The lowest BCUT2D eigenvalue weighted by Crippen LogP contribution is -2.51. The minimum atomic E-state index is -0.812. The molecule has 4 nitrogen and oxygen atoms in total. The molecule has 1 aromatic carbocycles. The van der Waals surface area contributed by atoms with Crippen molar-refractivity contribution in [2.24, 2.45) is 0 Å². The van der Waals surface area contributed by atoms with E-state index in [1.54, 1.807) is 0 Å². The standard InChI is InChI=1S/C14H19NO3/c1-3-14(4-2)10-15(9-13(16)17)11-7-5-6-8-12(11)18-14/h5-8H,3-4,9-10H2,1-2H3,(H,16,17). The summed E-state index contributed by atoms with van der Waals surface area (Å²) in [5.41, 5.74) is 0.599. The Balaban J connectivity index is 2.37. The Morgan fingerprint density at radius 1 is 1.39 bits per heavy atom. The third-order valence-corrected chi connectivity index (χ3v) is 3.63. The number of aliphatic carboxylic acids is 1. The number of carboxylic acids is 1. The Bertz CT molecular complexity index is 440. The van der Waals surface area contributed by atoms with Crippen molar-refractivity contribution in [1.29, 1.82) is 0 Å². The highest BCUT2D eigenvalue weighted by atomic mass is 16.5. The number of anilines is 1. The van der Waals surface area contributed by atoms with Crippen molar-refractivity contribution in [3.63, 3.8) is 0 Å². The second-order valence-corrected chi connectivity index (χ2v) is 4.71. The van der Waals surface area contributed by atoms with E-state index >= 15 is 0 Å². The smallest absolute Gasteiger partial charge is 0.323 e. The molecule has 0 aliphatic carbocycles.